The number of unbranched alkanes of at least 4 members (excludes halogenated alkanes) is 9. The SMILES string of the molecule is CCCCCCCCC(O)C(CCCCCCCC(=O)OCC)OC(=O)c1ccc(C(=O)O)cc1. The van der Waals surface area contributed by atoms with Crippen LogP contribution in [0.25, 0.3) is 0 Å². The van der Waals surface area contributed by atoms with Crippen LogP contribution < -0.4 is 0 Å². The number of benzene rings is 1. The van der Waals surface area contributed by atoms with Crippen molar-refractivity contribution in [3.63, 3.8) is 0 Å². The molecule has 0 bridgehead atoms. The van der Waals surface area contributed by atoms with Gasteiger partial charge in [0, 0.05) is 6.42 Å². The molecule has 198 valence electrons. The standard InChI is InChI=1S/C28H44O7/c1-3-5-6-7-9-12-15-24(29)25(16-13-10-8-11-14-17-26(30)34-4-2)35-28(33)23-20-18-22(19-21-23)27(31)32/h18-21,24-25,29H,3-17H2,1-2H3,(H,31,32). The van der Waals surface area contributed by atoms with E-state index in [0.29, 0.717) is 25.9 Å². The van der Waals surface area contributed by atoms with E-state index in [9.17, 15) is 19.5 Å². The Kier molecular flexibility index (Phi) is 16.5. The van der Waals surface area contributed by atoms with Crippen molar-refractivity contribution in [3.05, 3.63) is 35.4 Å². The first kappa shape index (κ1) is 30.6. The van der Waals surface area contributed by atoms with Crippen LogP contribution in [0.4, 0.5) is 0 Å². The van der Waals surface area contributed by atoms with E-state index in [4.69, 9.17) is 14.6 Å². The molecule has 0 heterocycles. The van der Waals surface area contributed by atoms with E-state index in [1.165, 1.54) is 43.5 Å². The van der Waals surface area contributed by atoms with E-state index in [1.54, 1.807) is 6.92 Å². The summed E-state index contributed by atoms with van der Waals surface area (Å²) >= 11 is 0. The average molecular weight is 493 g/mol. The molecule has 0 amide bonds. The summed E-state index contributed by atoms with van der Waals surface area (Å²) in [7, 11) is 0. The quantitative estimate of drug-likeness (QED) is 0.162. The zero-order valence-electron chi connectivity index (χ0n) is 21.5. The summed E-state index contributed by atoms with van der Waals surface area (Å²) in [5, 5.41) is 19.8. The van der Waals surface area contributed by atoms with Gasteiger partial charge in [-0.2, -0.15) is 0 Å². The second-order valence-electron chi connectivity index (χ2n) is 9.06. The Labute approximate surface area is 210 Å². The third-order valence-corrected chi connectivity index (χ3v) is 6.08. The van der Waals surface area contributed by atoms with Gasteiger partial charge in [-0.05, 0) is 56.9 Å². The molecule has 2 atom stereocenters. The molecule has 35 heavy (non-hydrogen) atoms. The molecule has 1 aromatic carbocycles. The van der Waals surface area contributed by atoms with Crippen LogP contribution in [0.5, 0.6) is 0 Å². The predicted molar refractivity (Wildman–Crippen MR) is 136 cm³/mol. The highest BCUT2D eigenvalue weighted by atomic mass is 16.6. The minimum Gasteiger partial charge on any atom is -0.478 e. The number of carbonyl (C=O) groups excluding carboxylic acids is 2. The number of hydrogen-bond donors (Lipinski definition) is 2. The van der Waals surface area contributed by atoms with E-state index in [-0.39, 0.29) is 17.1 Å². The molecule has 0 fully saturated rings. The lowest BCUT2D eigenvalue weighted by atomic mass is 9.99. The first-order valence-electron chi connectivity index (χ1n) is 13.3. The Balaban J connectivity index is 2.53. The molecule has 0 radical (unpaired) electrons. The van der Waals surface area contributed by atoms with Crippen molar-refractivity contribution in [1.82, 2.24) is 0 Å². The molecule has 7 nitrogen and oxygen atoms in total. The molecule has 1 aromatic rings. The molecule has 0 aliphatic heterocycles. The molecule has 0 spiro atoms. The molecule has 0 aliphatic carbocycles. The average Bonchev–Trinajstić information content (AvgIpc) is 2.84. The van der Waals surface area contributed by atoms with Gasteiger partial charge in [0.15, 0.2) is 0 Å². The van der Waals surface area contributed by atoms with Crippen molar-refractivity contribution in [2.45, 2.75) is 116 Å². The van der Waals surface area contributed by atoms with Crippen LogP contribution in [0.2, 0.25) is 0 Å². The highest BCUT2D eigenvalue weighted by molar-refractivity contribution is 5.92. The molecule has 0 saturated heterocycles. The summed E-state index contributed by atoms with van der Waals surface area (Å²) in [5.74, 6) is -1.77. The first-order chi connectivity index (χ1) is 16.9. The number of rotatable bonds is 20. The zero-order chi connectivity index (χ0) is 25.9. The lowest BCUT2D eigenvalue weighted by molar-refractivity contribution is -0.143. The summed E-state index contributed by atoms with van der Waals surface area (Å²) in [4.78, 5) is 35.1. The van der Waals surface area contributed by atoms with Crippen molar-refractivity contribution < 1.29 is 34.1 Å². The Bertz CT molecular complexity index is 729. The van der Waals surface area contributed by atoms with Crippen molar-refractivity contribution >= 4 is 17.9 Å². The van der Waals surface area contributed by atoms with Crippen LogP contribution in [0.15, 0.2) is 24.3 Å². The molecule has 0 saturated carbocycles. The van der Waals surface area contributed by atoms with Crippen LogP contribution in [0, 0.1) is 0 Å². The normalized spacial score (nSPS) is 12.7. The fraction of sp³-hybridized carbons (Fsp3) is 0.679. The maximum absolute atomic E-state index is 12.7. The predicted octanol–water partition coefficient (Wildman–Crippen LogP) is 6.32. The fourth-order valence-electron chi connectivity index (χ4n) is 3.98. The first-order valence-corrected chi connectivity index (χ1v) is 13.3. The van der Waals surface area contributed by atoms with Crippen LogP contribution in [0.3, 0.4) is 0 Å². The van der Waals surface area contributed by atoms with Gasteiger partial charge in [-0.15, -0.1) is 0 Å². The molecule has 2 N–H and O–H groups in total. The fourth-order valence-corrected chi connectivity index (χ4v) is 3.98. The van der Waals surface area contributed by atoms with Gasteiger partial charge in [0.1, 0.15) is 6.10 Å². The molecule has 0 aromatic heterocycles. The number of ether oxygens (including phenoxy) is 2. The van der Waals surface area contributed by atoms with Gasteiger partial charge in [0.05, 0.1) is 23.8 Å². The van der Waals surface area contributed by atoms with Crippen LogP contribution in [0.1, 0.15) is 124 Å². The smallest absolute Gasteiger partial charge is 0.338 e. The maximum atomic E-state index is 12.7. The summed E-state index contributed by atoms with van der Waals surface area (Å²) in [6.07, 6.45) is 11.4. The Morgan fingerprint density at radius 1 is 0.771 bits per heavy atom. The topological polar surface area (TPSA) is 110 Å². The molecular weight excluding hydrogens is 448 g/mol. The van der Waals surface area contributed by atoms with Gasteiger partial charge >= 0.3 is 17.9 Å². The number of carbonyl (C=O) groups is 3. The molecule has 0 aliphatic rings. The largest absolute Gasteiger partial charge is 0.478 e. The van der Waals surface area contributed by atoms with Gasteiger partial charge in [-0.3, -0.25) is 4.79 Å². The van der Waals surface area contributed by atoms with E-state index in [1.807, 2.05) is 0 Å². The molecular formula is C28H44O7. The number of aliphatic hydroxyl groups excluding tert-OH is 1. The highest BCUT2D eigenvalue weighted by Crippen LogP contribution is 2.19. The van der Waals surface area contributed by atoms with Gasteiger partial charge < -0.3 is 19.7 Å². The minimum absolute atomic E-state index is 0.101. The van der Waals surface area contributed by atoms with Gasteiger partial charge in [-0.25, -0.2) is 9.59 Å². The summed E-state index contributed by atoms with van der Waals surface area (Å²) in [5.41, 5.74) is 0.370. The molecule has 1 rings (SSSR count). The van der Waals surface area contributed by atoms with E-state index < -0.39 is 24.1 Å². The van der Waals surface area contributed by atoms with E-state index >= 15 is 0 Å². The Morgan fingerprint density at radius 3 is 1.91 bits per heavy atom. The number of esters is 2. The monoisotopic (exact) mass is 492 g/mol. The van der Waals surface area contributed by atoms with Crippen LogP contribution >= 0.6 is 0 Å². The molecule has 2 unspecified atom stereocenters. The third kappa shape index (κ3) is 13.9. The summed E-state index contributed by atoms with van der Waals surface area (Å²) < 4.78 is 10.6. The summed E-state index contributed by atoms with van der Waals surface area (Å²) in [6.45, 7) is 4.38. The number of carboxylic acid groups (broad SMARTS) is 1. The van der Waals surface area contributed by atoms with Crippen molar-refractivity contribution in [2.75, 3.05) is 6.61 Å². The van der Waals surface area contributed by atoms with E-state index in [2.05, 4.69) is 6.92 Å². The minimum atomic E-state index is -1.06. The number of hydrogen-bond acceptors (Lipinski definition) is 6. The van der Waals surface area contributed by atoms with Crippen molar-refractivity contribution in [2.24, 2.45) is 0 Å². The van der Waals surface area contributed by atoms with Crippen molar-refractivity contribution in [1.29, 1.82) is 0 Å². The zero-order valence-corrected chi connectivity index (χ0v) is 21.5. The highest BCUT2D eigenvalue weighted by Gasteiger charge is 2.23. The molecule has 7 heteroatoms. The number of carboxylic acids is 1. The van der Waals surface area contributed by atoms with Gasteiger partial charge in [0.2, 0.25) is 0 Å². The Morgan fingerprint density at radius 2 is 1.31 bits per heavy atom. The Hall–Kier alpha value is -2.41. The maximum Gasteiger partial charge on any atom is 0.338 e. The van der Waals surface area contributed by atoms with Gasteiger partial charge in [0.25, 0.3) is 0 Å². The van der Waals surface area contributed by atoms with Gasteiger partial charge in [-0.1, -0.05) is 64.7 Å². The van der Waals surface area contributed by atoms with Crippen LogP contribution in [-0.4, -0.2) is 46.9 Å². The number of aromatic carboxylic acids is 1. The van der Waals surface area contributed by atoms with Crippen LogP contribution in [-0.2, 0) is 14.3 Å². The van der Waals surface area contributed by atoms with E-state index in [0.717, 1.165) is 51.4 Å². The summed E-state index contributed by atoms with van der Waals surface area (Å²) in [6, 6.07) is 5.62. The number of aliphatic hydroxyl groups is 1. The van der Waals surface area contributed by atoms with Crippen molar-refractivity contribution in [3.8, 4) is 0 Å². The second kappa shape index (κ2) is 18.9. The lowest BCUT2D eigenvalue weighted by Crippen LogP contribution is -2.31. The third-order valence-electron chi connectivity index (χ3n) is 6.08. The lowest BCUT2D eigenvalue weighted by Gasteiger charge is -2.23. The second-order valence-corrected chi connectivity index (χ2v) is 9.06.